The average molecular weight is 480 g/mol. The Labute approximate surface area is 205 Å². The first-order chi connectivity index (χ1) is 16.5. The molecule has 9 nitrogen and oxygen atoms in total. The molecule has 186 valence electrons. The van der Waals surface area contributed by atoms with Crippen molar-refractivity contribution >= 4 is 17.4 Å². The van der Waals surface area contributed by atoms with Crippen molar-refractivity contribution < 1.29 is 14.5 Å². The lowest BCUT2D eigenvalue weighted by Crippen LogP contribution is -2.41. The number of fused-ring (bicyclic) bond motifs is 1. The molecule has 0 atom stereocenters. The second kappa shape index (κ2) is 9.64. The minimum atomic E-state index is -0.524. The number of nitrogens with one attached hydrogen (secondary N) is 1. The lowest BCUT2D eigenvalue weighted by molar-refractivity contribution is -0.385. The monoisotopic (exact) mass is 479 g/mol. The minimum absolute atomic E-state index is 0.0788. The Morgan fingerprint density at radius 1 is 1.17 bits per heavy atom. The van der Waals surface area contributed by atoms with Gasteiger partial charge in [-0.3, -0.25) is 10.1 Å². The van der Waals surface area contributed by atoms with E-state index in [1.165, 1.54) is 6.33 Å². The highest BCUT2D eigenvalue weighted by Crippen LogP contribution is 2.35. The van der Waals surface area contributed by atoms with Gasteiger partial charge in [-0.1, -0.05) is 0 Å². The number of hydrogen-bond acceptors (Lipinski definition) is 6. The molecule has 0 aliphatic heterocycles. The first-order valence-corrected chi connectivity index (χ1v) is 12.1. The topological polar surface area (TPSA) is 112 Å². The van der Waals surface area contributed by atoms with Crippen LogP contribution in [0.15, 0.2) is 30.7 Å². The first kappa shape index (κ1) is 24.6. The van der Waals surface area contributed by atoms with Crippen LogP contribution in [-0.4, -0.2) is 37.3 Å². The lowest BCUT2D eigenvalue weighted by Gasteiger charge is -2.30. The van der Waals surface area contributed by atoms with Crippen LogP contribution in [0, 0.1) is 29.9 Å². The molecule has 1 saturated carbocycles. The number of aryl methyl sites for hydroxylation is 2. The molecule has 1 aromatic carbocycles. The summed E-state index contributed by atoms with van der Waals surface area (Å²) in [4.78, 5) is 28.0. The highest BCUT2D eigenvalue weighted by atomic mass is 16.6. The van der Waals surface area contributed by atoms with E-state index in [9.17, 15) is 14.9 Å². The summed E-state index contributed by atoms with van der Waals surface area (Å²) in [7, 11) is 0. The van der Waals surface area contributed by atoms with Gasteiger partial charge >= 0.3 is 6.09 Å². The molecule has 1 N–H and O–H groups in total. The van der Waals surface area contributed by atoms with Crippen molar-refractivity contribution in [1.82, 2.24) is 19.9 Å². The average Bonchev–Trinajstić information content (AvgIpc) is 3.23. The van der Waals surface area contributed by atoms with Crippen LogP contribution >= 0.6 is 0 Å². The largest absolute Gasteiger partial charge is 0.444 e. The number of carbonyl (C=O) groups is 1. The molecule has 1 amide bonds. The Morgan fingerprint density at radius 3 is 2.54 bits per heavy atom. The molecule has 1 aliphatic rings. The van der Waals surface area contributed by atoms with Crippen molar-refractivity contribution in [1.29, 1.82) is 0 Å². The highest BCUT2D eigenvalue weighted by molar-refractivity contribution is 5.73. The van der Waals surface area contributed by atoms with Crippen LogP contribution in [0.4, 0.5) is 10.5 Å². The van der Waals surface area contributed by atoms with Crippen LogP contribution in [0.5, 0.6) is 0 Å². The van der Waals surface area contributed by atoms with Crippen LogP contribution in [0.3, 0.4) is 0 Å². The molecule has 3 aromatic rings. The van der Waals surface area contributed by atoms with E-state index in [1.807, 2.05) is 52.9 Å². The maximum absolute atomic E-state index is 12.1. The van der Waals surface area contributed by atoms with Gasteiger partial charge < -0.3 is 10.1 Å². The van der Waals surface area contributed by atoms with Gasteiger partial charge in [-0.15, -0.1) is 0 Å². The highest BCUT2D eigenvalue weighted by Gasteiger charge is 2.27. The predicted octanol–water partition coefficient (Wildman–Crippen LogP) is 5.55. The maximum Gasteiger partial charge on any atom is 0.407 e. The summed E-state index contributed by atoms with van der Waals surface area (Å²) in [6.07, 6.45) is 7.11. The van der Waals surface area contributed by atoms with Gasteiger partial charge in [0.15, 0.2) is 5.65 Å². The second-order valence-electron chi connectivity index (χ2n) is 10.6. The fourth-order valence-electron chi connectivity index (χ4n) is 4.94. The number of alkyl carbamates (subject to hydrolysis) is 1. The van der Waals surface area contributed by atoms with Gasteiger partial charge in [0.2, 0.25) is 0 Å². The third-order valence-electron chi connectivity index (χ3n) is 6.57. The quantitative estimate of drug-likeness (QED) is 0.379. The SMILES string of the molecule is Cc1cc(CC2CCC(NC(=O)OC(C)(C)C)CC2)c([N+](=O)[O-])cc1-c1cc(C)c2ncnn2c1. The van der Waals surface area contributed by atoms with Crippen molar-refractivity contribution in [2.45, 2.75) is 78.4 Å². The molecule has 0 bridgehead atoms. The van der Waals surface area contributed by atoms with Crippen LogP contribution in [-0.2, 0) is 11.2 Å². The zero-order valence-corrected chi connectivity index (χ0v) is 21.0. The molecule has 0 radical (unpaired) electrons. The molecule has 0 spiro atoms. The predicted molar refractivity (Wildman–Crippen MR) is 133 cm³/mol. The zero-order valence-electron chi connectivity index (χ0n) is 21.0. The van der Waals surface area contributed by atoms with Crippen molar-refractivity contribution in [3.8, 4) is 11.1 Å². The molecule has 35 heavy (non-hydrogen) atoms. The van der Waals surface area contributed by atoms with Gasteiger partial charge in [0.1, 0.15) is 11.9 Å². The molecule has 1 aliphatic carbocycles. The molecular formula is C26H33N5O4. The number of hydrogen-bond donors (Lipinski definition) is 1. The maximum atomic E-state index is 12.1. The van der Waals surface area contributed by atoms with Gasteiger partial charge in [-0.25, -0.2) is 14.3 Å². The molecule has 1 fully saturated rings. The molecule has 2 heterocycles. The number of nitro groups is 1. The van der Waals surface area contributed by atoms with Crippen molar-refractivity contribution in [3.05, 3.63) is 57.5 Å². The van der Waals surface area contributed by atoms with E-state index < -0.39 is 5.60 Å². The number of amides is 1. The summed E-state index contributed by atoms with van der Waals surface area (Å²) < 4.78 is 7.06. The Bertz CT molecular complexity index is 1250. The Morgan fingerprint density at radius 2 is 1.89 bits per heavy atom. The number of ether oxygens (including phenoxy) is 1. The Hall–Kier alpha value is -3.49. The Balaban J connectivity index is 1.48. The molecule has 4 rings (SSSR count). The van der Waals surface area contributed by atoms with Gasteiger partial charge in [0.05, 0.1) is 4.92 Å². The summed E-state index contributed by atoms with van der Waals surface area (Å²) in [5.74, 6) is 0.337. The molecule has 2 aromatic heterocycles. The fraction of sp³-hybridized carbons (Fsp3) is 0.500. The van der Waals surface area contributed by atoms with Crippen LogP contribution in [0.25, 0.3) is 16.8 Å². The van der Waals surface area contributed by atoms with Gasteiger partial charge in [0, 0.05) is 29.4 Å². The van der Waals surface area contributed by atoms with Crippen LogP contribution in [0.2, 0.25) is 0 Å². The third kappa shape index (κ3) is 5.78. The lowest BCUT2D eigenvalue weighted by atomic mass is 9.81. The standard InChI is InChI=1S/C26H33N5O4/c1-16-10-19(12-18-6-8-21(9-7-18)29-25(32)35-26(3,4)5)23(31(33)34)13-22(16)20-11-17(2)24-27-15-28-30(24)14-20/h10-11,13-15,18,21H,6-9,12H2,1-5H3,(H,29,32). The van der Waals surface area contributed by atoms with Gasteiger partial charge in [-0.2, -0.15) is 5.10 Å². The van der Waals surface area contributed by atoms with Crippen molar-refractivity contribution in [2.75, 3.05) is 0 Å². The van der Waals surface area contributed by atoms with Crippen LogP contribution in [0.1, 0.15) is 63.1 Å². The molecular weight excluding hydrogens is 446 g/mol. The van der Waals surface area contributed by atoms with Gasteiger partial charge in [0.25, 0.3) is 5.69 Å². The van der Waals surface area contributed by atoms with E-state index in [4.69, 9.17) is 4.74 Å². The van der Waals surface area contributed by atoms with E-state index in [1.54, 1.807) is 10.6 Å². The third-order valence-corrected chi connectivity index (χ3v) is 6.57. The molecule has 0 saturated heterocycles. The van der Waals surface area contributed by atoms with E-state index in [2.05, 4.69) is 15.4 Å². The summed E-state index contributed by atoms with van der Waals surface area (Å²) in [5.41, 5.74) is 4.81. The number of rotatable bonds is 5. The summed E-state index contributed by atoms with van der Waals surface area (Å²) in [5, 5.41) is 19.2. The van der Waals surface area contributed by atoms with Gasteiger partial charge in [-0.05, 0) is 101 Å². The smallest absolute Gasteiger partial charge is 0.407 e. The summed E-state index contributed by atoms with van der Waals surface area (Å²) in [6, 6.07) is 5.72. The van der Waals surface area contributed by atoms with Crippen molar-refractivity contribution in [3.63, 3.8) is 0 Å². The second-order valence-corrected chi connectivity index (χ2v) is 10.6. The zero-order chi connectivity index (χ0) is 25.3. The number of nitro benzene ring substituents is 1. The minimum Gasteiger partial charge on any atom is -0.444 e. The number of carbonyl (C=O) groups excluding carboxylic acids is 1. The first-order valence-electron chi connectivity index (χ1n) is 12.1. The van der Waals surface area contributed by atoms with Crippen LogP contribution < -0.4 is 5.32 Å². The number of benzene rings is 1. The normalized spacial score (nSPS) is 18.4. The van der Waals surface area contributed by atoms with Crippen molar-refractivity contribution in [2.24, 2.45) is 5.92 Å². The summed E-state index contributed by atoms with van der Waals surface area (Å²) in [6.45, 7) is 9.48. The van der Waals surface area contributed by atoms with E-state index >= 15 is 0 Å². The summed E-state index contributed by atoms with van der Waals surface area (Å²) >= 11 is 0. The number of pyridine rings is 1. The Kier molecular flexibility index (Phi) is 6.78. The number of nitrogens with zero attached hydrogens (tertiary/aromatic N) is 4. The van der Waals surface area contributed by atoms with E-state index in [0.717, 1.165) is 59.1 Å². The molecule has 0 unspecified atom stereocenters. The number of aromatic nitrogens is 3. The fourth-order valence-corrected chi connectivity index (χ4v) is 4.94. The van der Waals surface area contributed by atoms with E-state index in [0.29, 0.717) is 12.3 Å². The van der Waals surface area contributed by atoms with E-state index in [-0.39, 0.29) is 22.7 Å². The molecule has 9 heteroatoms.